The van der Waals surface area contributed by atoms with Crippen LogP contribution in [0.15, 0.2) is 63.7 Å². The predicted molar refractivity (Wildman–Crippen MR) is 123 cm³/mol. The second-order valence-corrected chi connectivity index (χ2v) is 8.47. The first-order valence-corrected chi connectivity index (χ1v) is 11.4. The SMILES string of the molecule is COC(CCc1ccc(S(=O)(=O)O)c(C)c1)OCC(=CF)CN.Nc1nc2ccccc2o1. The number of aromatic nitrogens is 1. The Morgan fingerprint density at radius 3 is 2.61 bits per heavy atom. The van der Waals surface area contributed by atoms with Gasteiger partial charge in [0.25, 0.3) is 16.1 Å². The molecule has 1 atom stereocenters. The summed E-state index contributed by atoms with van der Waals surface area (Å²) in [5.74, 6) is 0. The minimum atomic E-state index is -4.21. The predicted octanol–water partition coefficient (Wildman–Crippen LogP) is 3.39. The normalized spacial score (nSPS) is 12.9. The van der Waals surface area contributed by atoms with Crippen LogP contribution in [0.4, 0.5) is 10.4 Å². The smallest absolute Gasteiger partial charge is 0.294 e. The molecule has 0 bridgehead atoms. The Morgan fingerprint density at radius 2 is 2.03 bits per heavy atom. The van der Waals surface area contributed by atoms with Crippen molar-refractivity contribution in [1.29, 1.82) is 0 Å². The van der Waals surface area contributed by atoms with E-state index in [1.807, 2.05) is 24.3 Å². The van der Waals surface area contributed by atoms with Crippen molar-refractivity contribution in [2.24, 2.45) is 5.73 Å². The van der Waals surface area contributed by atoms with E-state index < -0.39 is 16.4 Å². The van der Waals surface area contributed by atoms with Crippen LogP contribution in [-0.4, -0.2) is 44.5 Å². The maximum Gasteiger partial charge on any atom is 0.294 e. The van der Waals surface area contributed by atoms with E-state index >= 15 is 0 Å². The van der Waals surface area contributed by atoms with Gasteiger partial charge in [-0.25, -0.2) is 4.39 Å². The van der Waals surface area contributed by atoms with E-state index in [2.05, 4.69) is 4.98 Å². The zero-order chi connectivity index (χ0) is 24.4. The van der Waals surface area contributed by atoms with Gasteiger partial charge < -0.3 is 25.4 Å². The van der Waals surface area contributed by atoms with Crippen LogP contribution in [0.3, 0.4) is 0 Å². The van der Waals surface area contributed by atoms with Crippen molar-refractivity contribution in [3.8, 4) is 0 Å². The highest BCUT2D eigenvalue weighted by atomic mass is 32.2. The van der Waals surface area contributed by atoms with Crippen LogP contribution in [0.5, 0.6) is 0 Å². The summed E-state index contributed by atoms with van der Waals surface area (Å²) in [5.41, 5.74) is 13.9. The fraction of sp³-hybridized carbons (Fsp3) is 0.318. The first-order chi connectivity index (χ1) is 15.7. The monoisotopic (exact) mass is 481 g/mol. The highest BCUT2D eigenvalue weighted by molar-refractivity contribution is 7.85. The Hall–Kier alpha value is -2.83. The molecule has 0 fully saturated rings. The summed E-state index contributed by atoms with van der Waals surface area (Å²) in [5, 5.41) is 0. The van der Waals surface area contributed by atoms with Gasteiger partial charge in [0.15, 0.2) is 11.9 Å². The van der Waals surface area contributed by atoms with Crippen LogP contribution in [0.1, 0.15) is 17.5 Å². The average Bonchev–Trinajstić information content (AvgIpc) is 3.16. The fourth-order valence-corrected chi connectivity index (χ4v) is 3.64. The van der Waals surface area contributed by atoms with Crippen molar-refractivity contribution in [3.05, 3.63) is 65.5 Å². The van der Waals surface area contributed by atoms with Gasteiger partial charge in [-0.15, -0.1) is 0 Å². The molecule has 0 spiro atoms. The molecular weight excluding hydrogens is 453 g/mol. The zero-order valence-electron chi connectivity index (χ0n) is 18.4. The van der Waals surface area contributed by atoms with E-state index in [1.165, 1.54) is 13.2 Å². The molecule has 3 aromatic rings. The number of hydrogen-bond acceptors (Lipinski definition) is 8. The van der Waals surface area contributed by atoms with Gasteiger partial charge in [-0.1, -0.05) is 24.3 Å². The summed E-state index contributed by atoms with van der Waals surface area (Å²) in [6.45, 7) is 1.73. The number of nitrogen functional groups attached to an aromatic ring is 1. The van der Waals surface area contributed by atoms with Gasteiger partial charge in [0.2, 0.25) is 0 Å². The van der Waals surface area contributed by atoms with Gasteiger partial charge >= 0.3 is 0 Å². The number of nitrogens with two attached hydrogens (primary N) is 2. The highest BCUT2D eigenvalue weighted by Crippen LogP contribution is 2.18. The summed E-state index contributed by atoms with van der Waals surface area (Å²) in [6, 6.07) is 12.4. The number of para-hydroxylation sites is 2. The van der Waals surface area contributed by atoms with Crippen molar-refractivity contribution >= 4 is 27.2 Å². The van der Waals surface area contributed by atoms with Gasteiger partial charge in [0.1, 0.15) is 5.52 Å². The first-order valence-electron chi connectivity index (χ1n) is 9.98. The van der Waals surface area contributed by atoms with Gasteiger partial charge in [-0.05, 0) is 48.2 Å². The van der Waals surface area contributed by atoms with Crippen LogP contribution in [0.25, 0.3) is 11.1 Å². The van der Waals surface area contributed by atoms with E-state index in [0.717, 1.165) is 16.7 Å². The lowest BCUT2D eigenvalue weighted by Gasteiger charge is -2.17. The molecule has 3 rings (SSSR count). The topological polar surface area (TPSA) is 151 Å². The molecule has 33 heavy (non-hydrogen) atoms. The number of benzene rings is 2. The Labute approximate surface area is 191 Å². The lowest BCUT2D eigenvalue weighted by molar-refractivity contribution is -0.120. The second kappa shape index (κ2) is 12.4. The molecule has 5 N–H and O–H groups in total. The number of halogens is 1. The Bertz CT molecular complexity index is 1150. The van der Waals surface area contributed by atoms with Crippen LogP contribution in [0, 0.1) is 6.92 Å². The standard InChI is InChI=1S/C15H22FNO5S.C7H6N2O/c1-11-7-12(3-5-14(11)23(18,19)20)4-6-15(21-2)22-10-13(8-16)9-17;8-7-9-5-3-1-2-4-6(5)10-7/h3,5,7-8,15H,4,6,9-10,17H2,1-2H3,(H,18,19,20);1-4H,(H2,8,9). The first kappa shape index (κ1) is 26.4. The number of rotatable bonds is 9. The third kappa shape index (κ3) is 8.22. The van der Waals surface area contributed by atoms with Crippen LogP contribution in [-0.2, 0) is 26.0 Å². The molecule has 9 nitrogen and oxygen atoms in total. The Balaban J connectivity index is 0.000000315. The van der Waals surface area contributed by atoms with E-state index in [4.69, 9.17) is 29.9 Å². The number of anilines is 1. The molecule has 0 radical (unpaired) electrons. The molecule has 180 valence electrons. The van der Waals surface area contributed by atoms with Crippen molar-refractivity contribution < 1.29 is 31.3 Å². The number of nitrogens with zero attached hydrogens (tertiary/aromatic N) is 1. The zero-order valence-corrected chi connectivity index (χ0v) is 19.2. The lowest BCUT2D eigenvalue weighted by atomic mass is 10.1. The van der Waals surface area contributed by atoms with Crippen LogP contribution < -0.4 is 11.5 Å². The van der Waals surface area contributed by atoms with E-state index in [9.17, 15) is 12.8 Å². The van der Waals surface area contributed by atoms with Crippen LogP contribution in [0.2, 0.25) is 0 Å². The summed E-state index contributed by atoms with van der Waals surface area (Å²) in [6.07, 6.45) is 0.968. The molecule has 0 aliphatic rings. The number of hydrogen-bond donors (Lipinski definition) is 3. The average molecular weight is 482 g/mol. The van der Waals surface area contributed by atoms with Crippen molar-refractivity contribution in [1.82, 2.24) is 4.98 Å². The number of methoxy groups -OCH3 is 1. The molecule has 0 aliphatic heterocycles. The number of aryl methyl sites for hydroxylation is 2. The molecule has 0 saturated heterocycles. The van der Waals surface area contributed by atoms with Crippen molar-refractivity contribution in [3.63, 3.8) is 0 Å². The number of fused-ring (bicyclic) bond motifs is 1. The highest BCUT2D eigenvalue weighted by Gasteiger charge is 2.14. The van der Waals surface area contributed by atoms with Crippen LogP contribution >= 0.6 is 0 Å². The van der Waals surface area contributed by atoms with Crippen molar-refractivity contribution in [2.45, 2.75) is 31.0 Å². The fourth-order valence-electron chi connectivity index (χ4n) is 2.94. The summed E-state index contributed by atoms with van der Waals surface area (Å²) >= 11 is 0. The van der Waals surface area contributed by atoms with Crippen molar-refractivity contribution in [2.75, 3.05) is 26.0 Å². The Kier molecular flexibility index (Phi) is 9.95. The molecule has 1 aromatic heterocycles. The molecule has 1 unspecified atom stereocenters. The maximum atomic E-state index is 12.4. The molecule has 11 heteroatoms. The Morgan fingerprint density at radius 1 is 1.30 bits per heavy atom. The van der Waals surface area contributed by atoms with E-state index in [-0.39, 0.29) is 24.1 Å². The molecule has 0 saturated carbocycles. The second-order valence-electron chi connectivity index (χ2n) is 7.08. The number of ether oxygens (including phenoxy) is 2. The molecule has 0 aliphatic carbocycles. The maximum absolute atomic E-state index is 12.4. The third-order valence-corrected chi connectivity index (χ3v) is 5.64. The largest absolute Gasteiger partial charge is 0.424 e. The summed E-state index contributed by atoms with van der Waals surface area (Å²) < 4.78 is 59.4. The van der Waals surface area contributed by atoms with Gasteiger partial charge in [-0.3, -0.25) is 4.55 Å². The van der Waals surface area contributed by atoms with E-state index in [0.29, 0.717) is 30.3 Å². The lowest BCUT2D eigenvalue weighted by Crippen LogP contribution is -2.20. The van der Waals surface area contributed by atoms with E-state index in [1.54, 1.807) is 19.1 Å². The summed E-state index contributed by atoms with van der Waals surface area (Å²) in [7, 11) is -2.73. The molecule has 2 aromatic carbocycles. The minimum Gasteiger partial charge on any atom is -0.424 e. The molecule has 1 heterocycles. The van der Waals surface area contributed by atoms with Gasteiger partial charge in [0.05, 0.1) is 17.8 Å². The molecule has 0 amide bonds. The summed E-state index contributed by atoms with van der Waals surface area (Å²) in [4.78, 5) is 3.81. The quantitative estimate of drug-likeness (QED) is 0.308. The minimum absolute atomic E-state index is 0.0478. The van der Waals surface area contributed by atoms with Gasteiger partial charge in [-0.2, -0.15) is 13.4 Å². The van der Waals surface area contributed by atoms with Gasteiger partial charge in [0, 0.05) is 20.1 Å². The number of oxazole rings is 1. The molecular formula is C22H28FN3O6S. The third-order valence-electron chi connectivity index (χ3n) is 4.63.